The Balaban J connectivity index is 1.85. The van der Waals surface area contributed by atoms with Gasteiger partial charge in [-0.15, -0.1) is 0 Å². The van der Waals surface area contributed by atoms with Crippen LogP contribution in [0.3, 0.4) is 0 Å². The number of fused-ring (bicyclic) bond motifs is 1. The monoisotopic (exact) mass is 564 g/mol. The minimum absolute atomic E-state index is 0.0479. The highest BCUT2D eigenvalue weighted by Gasteiger charge is 2.29. The van der Waals surface area contributed by atoms with E-state index in [0.29, 0.717) is 22.2 Å². The minimum atomic E-state index is -0.659. The van der Waals surface area contributed by atoms with E-state index in [1.165, 1.54) is 4.90 Å². The van der Waals surface area contributed by atoms with E-state index in [4.69, 9.17) is 27.9 Å². The smallest absolute Gasteiger partial charge is 0.261 e. The van der Waals surface area contributed by atoms with Crippen LogP contribution in [0.5, 0.6) is 5.75 Å². The summed E-state index contributed by atoms with van der Waals surface area (Å²) >= 11 is 15.8. The average molecular weight is 566 g/mol. The molecule has 5 nitrogen and oxygen atoms in total. The maximum Gasteiger partial charge on any atom is 0.261 e. The molecule has 34 heavy (non-hydrogen) atoms. The average Bonchev–Trinajstić information content (AvgIpc) is 2.80. The molecule has 0 aliphatic rings. The van der Waals surface area contributed by atoms with Gasteiger partial charge in [0.2, 0.25) is 5.91 Å². The molecule has 0 fully saturated rings. The Morgan fingerprint density at radius 3 is 2.47 bits per heavy atom. The summed E-state index contributed by atoms with van der Waals surface area (Å²) in [4.78, 5) is 27.8. The van der Waals surface area contributed by atoms with Crippen LogP contribution >= 0.6 is 39.1 Å². The molecule has 0 saturated carbocycles. The third-order valence-corrected chi connectivity index (χ3v) is 6.89. The summed E-state index contributed by atoms with van der Waals surface area (Å²) in [6, 6.07) is 16.1. The molecule has 0 heterocycles. The van der Waals surface area contributed by atoms with Gasteiger partial charge in [-0.1, -0.05) is 66.5 Å². The van der Waals surface area contributed by atoms with Crippen molar-refractivity contribution < 1.29 is 14.3 Å². The van der Waals surface area contributed by atoms with Crippen molar-refractivity contribution in [3.05, 3.63) is 74.7 Å². The molecule has 1 N–H and O–H groups in total. The number of hydrogen-bond donors (Lipinski definition) is 1. The lowest BCUT2D eigenvalue weighted by molar-refractivity contribution is -0.143. The Kier molecular flexibility index (Phi) is 9.23. The first kappa shape index (κ1) is 26.3. The van der Waals surface area contributed by atoms with Gasteiger partial charge < -0.3 is 15.0 Å². The summed E-state index contributed by atoms with van der Waals surface area (Å²) in [5.74, 6) is 0.0379. The second-order valence-corrected chi connectivity index (χ2v) is 9.85. The molecule has 0 aliphatic carbocycles. The third kappa shape index (κ3) is 6.44. The fraction of sp³-hybridized carbons (Fsp3) is 0.308. The van der Waals surface area contributed by atoms with E-state index >= 15 is 0 Å². The Morgan fingerprint density at radius 1 is 1.06 bits per heavy atom. The quantitative estimate of drug-likeness (QED) is 0.317. The van der Waals surface area contributed by atoms with E-state index in [1.54, 1.807) is 18.2 Å². The number of amides is 2. The number of ether oxygens (including phenoxy) is 1. The molecule has 0 unspecified atom stereocenters. The van der Waals surface area contributed by atoms with Crippen LogP contribution < -0.4 is 10.1 Å². The van der Waals surface area contributed by atoms with Crippen LogP contribution in [-0.4, -0.2) is 35.4 Å². The first-order valence-corrected chi connectivity index (χ1v) is 12.6. The number of benzene rings is 3. The van der Waals surface area contributed by atoms with Gasteiger partial charge in [-0.3, -0.25) is 9.59 Å². The fourth-order valence-electron chi connectivity index (χ4n) is 3.68. The fourth-order valence-corrected chi connectivity index (χ4v) is 4.61. The predicted molar refractivity (Wildman–Crippen MR) is 142 cm³/mol. The molecule has 180 valence electrons. The van der Waals surface area contributed by atoms with Gasteiger partial charge in [0.1, 0.15) is 11.8 Å². The molecule has 3 aromatic rings. The van der Waals surface area contributed by atoms with Crippen LogP contribution in [-0.2, 0) is 16.1 Å². The summed E-state index contributed by atoms with van der Waals surface area (Å²) in [7, 11) is 0. The summed E-state index contributed by atoms with van der Waals surface area (Å²) in [5, 5.41) is 5.78. The van der Waals surface area contributed by atoms with Crippen molar-refractivity contribution in [1.82, 2.24) is 10.2 Å². The molecule has 0 saturated heterocycles. The van der Waals surface area contributed by atoms with Gasteiger partial charge in [0, 0.05) is 12.6 Å². The van der Waals surface area contributed by atoms with Crippen molar-refractivity contribution in [2.24, 2.45) is 0 Å². The molecular weight excluding hydrogens is 539 g/mol. The van der Waals surface area contributed by atoms with Crippen molar-refractivity contribution in [2.45, 2.75) is 45.8 Å². The molecule has 8 heteroatoms. The van der Waals surface area contributed by atoms with E-state index in [1.807, 2.05) is 57.2 Å². The second-order valence-electron chi connectivity index (χ2n) is 8.24. The maximum absolute atomic E-state index is 13.4. The Morgan fingerprint density at radius 2 is 1.79 bits per heavy atom. The van der Waals surface area contributed by atoms with Crippen LogP contribution in [0, 0.1) is 0 Å². The van der Waals surface area contributed by atoms with E-state index in [-0.39, 0.29) is 31.0 Å². The van der Waals surface area contributed by atoms with Crippen LogP contribution in [0.15, 0.2) is 59.1 Å². The lowest BCUT2D eigenvalue weighted by atomic mass is 10.1. The van der Waals surface area contributed by atoms with Crippen LogP contribution in [0.2, 0.25) is 10.0 Å². The maximum atomic E-state index is 13.4. The topological polar surface area (TPSA) is 58.6 Å². The third-order valence-electron chi connectivity index (χ3n) is 5.33. The molecule has 3 rings (SSSR count). The number of hydrogen-bond acceptors (Lipinski definition) is 3. The van der Waals surface area contributed by atoms with Gasteiger partial charge in [-0.25, -0.2) is 0 Å². The number of carbonyl (C=O) groups is 2. The van der Waals surface area contributed by atoms with Crippen LogP contribution in [0.1, 0.15) is 32.8 Å². The minimum Gasteiger partial charge on any atom is -0.483 e. The highest BCUT2D eigenvalue weighted by Crippen LogP contribution is 2.33. The highest BCUT2D eigenvalue weighted by molar-refractivity contribution is 9.10. The summed E-state index contributed by atoms with van der Waals surface area (Å²) in [6.07, 6.45) is 0.450. The zero-order valence-corrected chi connectivity index (χ0v) is 22.4. The van der Waals surface area contributed by atoms with Gasteiger partial charge >= 0.3 is 0 Å². The molecule has 0 radical (unpaired) electrons. The second kappa shape index (κ2) is 11.9. The Bertz CT molecular complexity index is 1190. The van der Waals surface area contributed by atoms with Crippen molar-refractivity contribution in [3.8, 4) is 5.75 Å². The summed E-state index contributed by atoms with van der Waals surface area (Å²) < 4.78 is 6.68. The van der Waals surface area contributed by atoms with Crippen LogP contribution in [0.4, 0.5) is 0 Å². The Hall–Kier alpha value is -2.28. The first-order valence-electron chi connectivity index (χ1n) is 11.0. The van der Waals surface area contributed by atoms with Gasteiger partial charge in [-0.2, -0.15) is 0 Å². The molecular formula is C26H27BrCl2N2O3. The standard InChI is InChI=1S/C26H27BrCl2N2O3/c1-4-22(26(33)30-16(2)3)31(14-17-9-11-20(28)21(29)13-17)24(32)15-34-23-12-10-18-7-5-6-8-19(18)25(23)27/h5-13,16,22H,4,14-15H2,1-3H3,(H,30,33)/t22-/m1/s1. The molecule has 0 spiro atoms. The SMILES string of the molecule is CC[C@H](C(=O)NC(C)C)N(Cc1ccc(Cl)c(Cl)c1)C(=O)COc1ccc2ccccc2c1Br. The zero-order chi connectivity index (χ0) is 24.8. The van der Waals surface area contributed by atoms with E-state index in [2.05, 4.69) is 21.2 Å². The van der Waals surface area contributed by atoms with Crippen molar-refractivity contribution in [1.29, 1.82) is 0 Å². The first-order chi connectivity index (χ1) is 16.2. The number of carbonyl (C=O) groups excluding carboxylic acids is 2. The van der Waals surface area contributed by atoms with Crippen molar-refractivity contribution in [2.75, 3.05) is 6.61 Å². The molecule has 1 atom stereocenters. The zero-order valence-electron chi connectivity index (χ0n) is 19.3. The summed E-state index contributed by atoms with van der Waals surface area (Å²) in [5.41, 5.74) is 0.769. The summed E-state index contributed by atoms with van der Waals surface area (Å²) in [6.45, 7) is 5.62. The predicted octanol–water partition coefficient (Wildman–Crippen LogP) is 6.62. The van der Waals surface area contributed by atoms with E-state index in [0.717, 1.165) is 20.8 Å². The van der Waals surface area contributed by atoms with Gasteiger partial charge in [-0.05, 0) is 70.7 Å². The number of rotatable bonds is 9. The molecule has 0 aliphatic heterocycles. The molecule has 0 aromatic heterocycles. The number of nitrogens with one attached hydrogen (secondary N) is 1. The van der Waals surface area contributed by atoms with Gasteiger partial charge in [0.15, 0.2) is 6.61 Å². The van der Waals surface area contributed by atoms with Gasteiger partial charge in [0.05, 0.1) is 14.5 Å². The van der Waals surface area contributed by atoms with E-state index < -0.39 is 6.04 Å². The van der Waals surface area contributed by atoms with Crippen LogP contribution in [0.25, 0.3) is 10.8 Å². The van der Waals surface area contributed by atoms with E-state index in [9.17, 15) is 9.59 Å². The van der Waals surface area contributed by atoms with Gasteiger partial charge in [0.25, 0.3) is 5.91 Å². The largest absolute Gasteiger partial charge is 0.483 e. The molecule has 2 amide bonds. The van der Waals surface area contributed by atoms with Crippen molar-refractivity contribution >= 4 is 61.7 Å². The number of halogens is 3. The molecule has 3 aromatic carbocycles. The lowest BCUT2D eigenvalue weighted by Crippen LogP contribution is -2.51. The van der Waals surface area contributed by atoms with Crippen molar-refractivity contribution in [3.63, 3.8) is 0 Å². The lowest BCUT2D eigenvalue weighted by Gasteiger charge is -2.31. The number of nitrogens with zero attached hydrogens (tertiary/aromatic N) is 1. The Labute approximate surface area is 218 Å². The molecule has 0 bridgehead atoms. The highest BCUT2D eigenvalue weighted by atomic mass is 79.9. The normalized spacial score (nSPS) is 12.0.